The average molecular weight is 367 g/mol. The summed E-state index contributed by atoms with van der Waals surface area (Å²) in [5, 5.41) is 21.2. The molecule has 1 N–H and O–H groups in total. The predicted molar refractivity (Wildman–Crippen MR) is 90.9 cm³/mol. The largest absolute Gasteiger partial charge is 0.870 e. The molecule has 27 heavy (non-hydrogen) atoms. The van der Waals surface area contributed by atoms with Gasteiger partial charge in [-0.2, -0.15) is 0 Å². The number of carbonyl (C=O) groups is 1. The van der Waals surface area contributed by atoms with Gasteiger partial charge in [0.1, 0.15) is 17.2 Å². The minimum atomic E-state index is -1.24. The lowest BCUT2D eigenvalue weighted by atomic mass is 9.90. The fourth-order valence-electron chi connectivity index (χ4n) is 3.07. The molecule has 2 aliphatic rings. The van der Waals surface area contributed by atoms with E-state index in [9.17, 15) is 28.6 Å². The van der Waals surface area contributed by atoms with Crippen LogP contribution in [0.25, 0.3) is 33.4 Å². The van der Waals surface area contributed by atoms with E-state index in [-0.39, 0.29) is 39.0 Å². The standard InChI is InChI=1S/C20H10F2O5/c21-13-5-11-17(7-15(13)23)27-18-8-16(24)14(22)6-12(18)19(11)9-3-1-2-4-10(9)20(25)26/h1-8,23H,(H,25,26)/p-1. The topological polar surface area (TPSA) is 90.6 Å². The van der Waals surface area contributed by atoms with Gasteiger partial charge in [0.25, 0.3) is 0 Å². The van der Waals surface area contributed by atoms with Gasteiger partial charge in [-0.05, 0) is 29.8 Å². The highest BCUT2D eigenvalue weighted by molar-refractivity contribution is 6.07. The number of benzene rings is 3. The van der Waals surface area contributed by atoms with Crippen LogP contribution in [-0.4, -0.2) is 11.1 Å². The first-order valence-corrected chi connectivity index (χ1v) is 7.76. The molecule has 0 amide bonds. The van der Waals surface area contributed by atoms with Crippen LogP contribution >= 0.6 is 0 Å². The maximum Gasteiger partial charge on any atom is 0.336 e. The molecule has 0 unspecified atom stereocenters. The summed E-state index contributed by atoms with van der Waals surface area (Å²) >= 11 is 0. The van der Waals surface area contributed by atoms with E-state index in [1.165, 1.54) is 18.2 Å². The monoisotopic (exact) mass is 367 g/mol. The third-order valence-corrected chi connectivity index (χ3v) is 4.25. The highest BCUT2D eigenvalue weighted by atomic mass is 19.1. The zero-order valence-electron chi connectivity index (χ0n) is 13.5. The van der Waals surface area contributed by atoms with E-state index in [1.807, 2.05) is 0 Å². The maximum atomic E-state index is 14.0. The Labute approximate surface area is 150 Å². The van der Waals surface area contributed by atoms with Crippen LogP contribution in [-0.2, 0) is 0 Å². The fraction of sp³-hybridized carbons (Fsp3) is 0. The molecule has 4 rings (SSSR count). The van der Waals surface area contributed by atoms with Crippen molar-refractivity contribution in [2.45, 2.75) is 0 Å². The highest BCUT2D eigenvalue weighted by Crippen LogP contribution is 2.42. The number of carboxylic acid groups (broad SMARTS) is 1. The van der Waals surface area contributed by atoms with Crippen molar-refractivity contribution in [3.05, 3.63) is 76.0 Å². The number of hydrogen-bond donors (Lipinski definition) is 1. The second-order valence-corrected chi connectivity index (χ2v) is 5.89. The van der Waals surface area contributed by atoms with E-state index >= 15 is 0 Å². The lowest BCUT2D eigenvalue weighted by Crippen LogP contribution is -2.08. The van der Waals surface area contributed by atoms with Gasteiger partial charge in [0, 0.05) is 22.6 Å². The van der Waals surface area contributed by atoms with Crippen molar-refractivity contribution < 1.29 is 28.2 Å². The van der Waals surface area contributed by atoms with Crippen LogP contribution < -0.4 is 10.5 Å². The van der Waals surface area contributed by atoms with E-state index in [4.69, 9.17) is 4.42 Å². The summed E-state index contributed by atoms with van der Waals surface area (Å²) < 4.78 is 33.4. The molecule has 2 aromatic rings. The third-order valence-electron chi connectivity index (χ3n) is 4.25. The summed E-state index contributed by atoms with van der Waals surface area (Å²) in [5.41, 5.74) is -0.660. The molecule has 0 spiro atoms. The SMILES string of the molecule is O=C(O)c1ccccc1-c1c2cc(F)c(=O)cc-2oc2cc([O-])c(F)cc12. The van der Waals surface area contributed by atoms with Crippen LogP contribution in [0.4, 0.5) is 8.78 Å². The Morgan fingerprint density at radius 3 is 2.48 bits per heavy atom. The Bertz CT molecular complexity index is 1260. The van der Waals surface area contributed by atoms with E-state index in [2.05, 4.69) is 0 Å². The van der Waals surface area contributed by atoms with Gasteiger partial charge in [-0.3, -0.25) is 4.79 Å². The van der Waals surface area contributed by atoms with Crippen LogP contribution in [0.5, 0.6) is 5.75 Å². The molecule has 0 saturated carbocycles. The molecule has 0 bridgehead atoms. The molecule has 1 aliphatic heterocycles. The molecule has 2 aromatic carbocycles. The third kappa shape index (κ3) is 2.60. The van der Waals surface area contributed by atoms with Gasteiger partial charge in [0.2, 0.25) is 5.43 Å². The second-order valence-electron chi connectivity index (χ2n) is 5.89. The number of fused-ring (bicyclic) bond motifs is 2. The molecule has 0 aromatic heterocycles. The summed E-state index contributed by atoms with van der Waals surface area (Å²) in [6.07, 6.45) is 0. The predicted octanol–water partition coefficient (Wildman–Crippen LogP) is 3.61. The van der Waals surface area contributed by atoms with Gasteiger partial charge in [-0.15, -0.1) is 0 Å². The molecular formula is C20H9F2O5-. The average Bonchev–Trinajstić information content (AvgIpc) is 2.63. The Balaban J connectivity index is 2.27. The van der Waals surface area contributed by atoms with Crippen LogP contribution in [0.15, 0.2) is 57.7 Å². The Morgan fingerprint density at radius 1 is 1.00 bits per heavy atom. The number of halogens is 2. The van der Waals surface area contributed by atoms with Crippen molar-refractivity contribution in [1.29, 1.82) is 0 Å². The van der Waals surface area contributed by atoms with Crippen LogP contribution in [0, 0.1) is 11.6 Å². The van der Waals surface area contributed by atoms with Crippen molar-refractivity contribution >= 4 is 16.9 Å². The maximum absolute atomic E-state index is 14.0. The number of rotatable bonds is 2. The minimum Gasteiger partial charge on any atom is -0.870 e. The molecule has 0 radical (unpaired) electrons. The van der Waals surface area contributed by atoms with Gasteiger partial charge in [-0.1, -0.05) is 23.9 Å². The lowest BCUT2D eigenvalue weighted by Gasteiger charge is -2.18. The van der Waals surface area contributed by atoms with Gasteiger partial charge in [0.15, 0.2) is 5.82 Å². The summed E-state index contributed by atoms with van der Waals surface area (Å²) in [7, 11) is 0. The smallest absolute Gasteiger partial charge is 0.336 e. The quantitative estimate of drug-likeness (QED) is 0.547. The Morgan fingerprint density at radius 2 is 1.74 bits per heavy atom. The molecular weight excluding hydrogens is 358 g/mol. The van der Waals surface area contributed by atoms with Gasteiger partial charge in [-0.25, -0.2) is 13.6 Å². The van der Waals surface area contributed by atoms with Crippen molar-refractivity contribution in [2.24, 2.45) is 0 Å². The number of aromatic carboxylic acids is 1. The van der Waals surface area contributed by atoms with Crippen LogP contribution in [0.3, 0.4) is 0 Å². The van der Waals surface area contributed by atoms with Crippen molar-refractivity contribution in [1.82, 2.24) is 0 Å². The first kappa shape index (κ1) is 16.7. The number of carboxylic acids is 1. The first-order valence-electron chi connectivity index (χ1n) is 7.76. The van der Waals surface area contributed by atoms with Crippen molar-refractivity contribution in [3.63, 3.8) is 0 Å². The molecule has 7 heteroatoms. The summed E-state index contributed by atoms with van der Waals surface area (Å²) in [6.45, 7) is 0. The zero-order chi connectivity index (χ0) is 19.3. The molecule has 0 saturated heterocycles. The van der Waals surface area contributed by atoms with Crippen molar-refractivity contribution in [3.8, 4) is 28.2 Å². The van der Waals surface area contributed by atoms with Crippen molar-refractivity contribution in [2.75, 3.05) is 0 Å². The molecule has 1 heterocycles. The summed E-state index contributed by atoms with van der Waals surface area (Å²) in [6, 6.07) is 9.54. The second kappa shape index (κ2) is 5.91. The van der Waals surface area contributed by atoms with E-state index in [0.717, 1.165) is 24.3 Å². The summed E-state index contributed by atoms with van der Waals surface area (Å²) in [4.78, 5) is 23.3. The van der Waals surface area contributed by atoms with Gasteiger partial charge >= 0.3 is 5.97 Å². The summed E-state index contributed by atoms with van der Waals surface area (Å²) in [5.74, 6) is -4.34. The van der Waals surface area contributed by atoms with Crippen LogP contribution in [0.1, 0.15) is 10.4 Å². The molecule has 0 fully saturated rings. The Hall–Kier alpha value is -3.74. The molecule has 5 nitrogen and oxygen atoms in total. The lowest BCUT2D eigenvalue weighted by molar-refractivity contribution is -0.272. The molecule has 0 atom stereocenters. The van der Waals surface area contributed by atoms with E-state index < -0.39 is 28.8 Å². The minimum absolute atomic E-state index is 0.0462. The normalized spacial score (nSPS) is 11.2. The molecule has 134 valence electrons. The molecule has 1 aliphatic carbocycles. The van der Waals surface area contributed by atoms with Gasteiger partial charge in [0.05, 0.1) is 5.56 Å². The van der Waals surface area contributed by atoms with E-state index in [1.54, 1.807) is 6.07 Å². The Kier molecular flexibility index (Phi) is 3.66. The van der Waals surface area contributed by atoms with E-state index in [0.29, 0.717) is 0 Å². The fourth-order valence-corrected chi connectivity index (χ4v) is 3.07. The zero-order valence-corrected chi connectivity index (χ0v) is 13.5. The van der Waals surface area contributed by atoms with Crippen LogP contribution in [0.2, 0.25) is 0 Å². The highest BCUT2D eigenvalue weighted by Gasteiger charge is 2.23. The van der Waals surface area contributed by atoms with Gasteiger partial charge < -0.3 is 14.6 Å². The number of hydrogen-bond acceptors (Lipinski definition) is 4. The first-order chi connectivity index (χ1) is 12.9.